The molecule has 0 aliphatic rings. The molecule has 0 saturated carbocycles. The highest BCUT2D eigenvalue weighted by Crippen LogP contribution is 2.29. The van der Waals surface area contributed by atoms with Crippen LogP contribution >= 0.6 is 0 Å². The van der Waals surface area contributed by atoms with Crippen molar-refractivity contribution >= 4 is 28.4 Å². The number of carbonyl (C=O) groups is 1. The molecule has 11 heteroatoms. The van der Waals surface area contributed by atoms with Crippen LogP contribution in [0.1, 0.15) is 0 Å². The molecule has 0 spiro atoms. The minimum absolute atomic E-state index is 0.0148. The molecule has 2 aromatic carbocycles. The topological polar surface area (TPSA) is 137 Å². The molecule has 11 nitrogen and oxygen atoms in total. The number of fused-ring (bicyclic) bond motifs is 1. The Labute approximate surface area is 169 Å². The molecule has 30 heavy (non-hydrogen) atoms. The minimum atomic E-state index is -0.626. The van der Waals surface area contributed by atoms with Gasteiger partial charge in [-0.2, -0.15) is 0 Å². The Morgan fingerprint density at radius 1 is 1.07 bits per heavy atom. The number of hydrogen-bond donors (Lipinski definition) is 2. The van der Waals surface area contributed by atoms with Gasteiger partial charge >= 0.3 is 5.69 Å². The molecule has 2 N–H and O–H groups in total. The van der Waals surface area contributed by atoms with Crippen molar-refractivity contribution in [1.82, 2.24) is 24.9 Å². The Balaban J connectivity index is 1.55. The fourth-order valence-corrected chi connectivity index (χ4v) is 2.76. The number of rotatable bonds is 7. The van der Waals surface area contributed by atoms with Crippen LogP contribution in [-0.4, -0.2) is 37.0 Å². The zero-order chi connectivity index (χ0) is 20.9. The van der Waals surface area contributed by atoms with E-state index in [-0.39, 0.29) is 18.2 Å². The Bertz CT molecular complexity index is 1210. The molecule has 4 rings (SSSR count). The molecule has 0 aliphatic carbocycles. The third kappa shape index (κ3) is 3.85. The molecular formula is C19H15N7O4. The van der Waals surface area contributed by atoms with Crippen LogP contribution in [0.2, 0.25) is 0 Å². The summed E-state index contributed by atoms with van der Waals surface area (Å²) in [7, 11) is 0. The van der Waals surface area contributed by atoms with Gasteiger partial charge in [-0.15, -0.1) is 0 Å². The predicted molar refractivity (Wildman–Crippen MR) is 107 cm³/mol. The van der Waals surface area contributed by atoms with Crippen LogP contribution in [-0.2, 0) is 4.79 Å². The van der Waals surface area contributed by atoms with Crippen molar-refractivity contribution in [2.75, 3.05) is 12.0 Å². The molecule has 0 atom stereocenters. The van der Waals surface area contributed by atoms with E-state index in [1.165, 1.54) is 10.9 Å². The fraction of sp³-hybridized carbons (Fsp3) is 0.0526. The van der Waals surface area contributed by atoms with E-state index >= 15 is 0 Å². The van der Waals surface area contributed by atoms with E-state index in [1.807, 2.05) is 12.1 Å². The van der Waals surface area contributed by atoms with Crippen molar-refractivity contribution in [1.29, 1.82) is 0 Å². The van der Waals surface area contributed by atoms with Crippen molar-refractivity contribution in [2.45, 2.75) is 0 Å². The number of aromatic nitrogens is 4. The third-order valence-electron chi connectivity index (χ3n) is 4.10. The second-order valence-corrected chi connectivity index (χ2v) is 6.03. The van der Waals surface area contributed by atoms with E-state index in [2.05, 4.69) is 25.8 Å². The van der Waals surface area contributed by atoms with E-state index in [4.69, 9.17) is 4.74 Å². The molecule has 4 aromatic rings. The number of nitrogens with zero attached hydrogens (tertiary/aromatic N) is 5. The van der Waals surface area contributed by atoms with Crippen LogP contribution in [0.3, 0.4) is 0 Å². The highest BCUT2D eigenvalue weighted by molar-refractivity contribution is 5.81. The lowest BCUT2D eigenvalue weighted by atomic mass is 10.3. The average Bonchev–Trinajstić information content (AvgIpc) is 3.20. The number of nitrogens with one attached hydrogen (secondary N) is 2. The molecule has 2 heterocycles. The molecular weight excluding hydrogens is 390 g/mol. The lowest BCUT2D eigenvalue weighted by molar-refractivity contribution is -0.384. The molecule has 0 bridgehead atoms. The van der Waals surface area contributed by atoms with Crippen molar-refractivity contribution in [3.63, 3.8) is 0 Å². The first-order chi connectivity index (χ1) is 14.6. The second-order valence-electron chi connectivity index (χ2n) is 6.03. The number of hydrazine groups is 1. The highest BCUT2D eigenvalue weighted by Gasteiger charge is 2.25. The maximum absolute atomic E-state index is 12.0. The van der Waals surface area contributed by atoms with Gasteiger partial charge in [0.25, 0.3) is 5.91 Å². The normalized spacial score (nSPS) is 10.5. The summed E-state index contributed by atoms with van der Waals surface area (Å²) in [4.78, 5) is 35.3. The summed E-state index contributed by atoms with van der Waals surface area (Å²) in [6.45, 7) is -0.283. The standard InChI is InChI=1S/C19H15N7O4/c27-16(10-30-13-6-2-1-3-7-13)23-24-18-17(26(28)29)19(21-11-20-18)25-12-22-14-8-4-5-9-15(14)25/h1-9,11-12H,10H2,(H,23,27)(H,20,21,24). The molecule has 0 unspecified atom stereocenters. The fourth-order valence-electron chi connectivity index (χ4n) is 2.76. The molecule has 0 radical (unpaired) electrons. The lowest BCUT2D eigenvalue weighted by Crippen LogP contribution is -2.34. The molecule has 150 valence electrons. The van der Waals surface area contributed by atoms with E-state index in [0.717, 1.165) is 6.33 Å². The third-order valence-corrected chi connectivity index (χ3v) is 4.10. The van der Waals surface area contributed by atoms with Crippen LogP contribution in [0, 0.1) is 10.1 Å². The summed E-state index contributed by atoms with van der Waals surface area (Å²) < 4.78 is 6.82. The van der Waals surface area contributed by atoms with Crippen LogP contribution in [0.15, 0.2) is 67.3 Å². The number of anilines is 1. The smallest absolute Gasteiger partial charge is 0.355 e. The summed E-state index contributed by atoms with van der Waals surface area (Å²) in [6, 6.07) is 15.9. The summed E-state index contributed by atoms with van der Waals surface area (Å²) in [5.41, 5.74) is 5.71. The number of hydrogen-bond acceptors (Lipinski definition) is 8. The summed E-state index contributed by atoms with van der Waals surface area (Å²) in [5, 5.41) is 11.7. The van der Waals surface area contributed by atoms with Crippen molar-refractivity contribution in [2.24, 2.45) is 0 Å². The number of benzene rings is 2. The number of imidazole rings is 1. The lowest BCUT2D eigenvalue weighted by Gasteiger charge is -2.11. The van der Waals surface area contributed by atoms with Crippen LogP contribution in [0.4, 0.5) is 11.5 Å². The average molecular weight is 405 g/mol. The number of ether oxygens (including phenoxy) is 1. The quantitative estimate of drug-likeness (QED) is 0.353. The van der Waals surface area contributed by atoms with Gasteiger partial charge in [0.05, 0.1) is 16.0 Å². The highest BCUT2D eigenvalue weighted by atomic mass is 16.6. The van der Waals surface area contributed by atoms with E-state index in [1.54, 1.807) is 42.5 Å². The minimum Gasteiger partial charge on any atom is -0.484 e. The van der Waals surface area contributed by atoms with Crippen molar-refractivity contribution in [3.8, 4) is 11.6 Å². The van der Waals surface area contributed by atoms with Crippen molar-refractivity contribution in [3.05, 3.63) is 77.4 Å². The number of nitro groups is 1. The summed E-state index contributed by atoms with van der Waals surface area (Å²) in [5.74, 6) is -0.173. The molecule has 0 saturated heterocycles. The summed E-state index contributed by atoms with van der Waals surface area (Å²) in [6.07, 6.45) is 2.60. The van der Waals surface area contributed by atoms with Gasteiger partial charge in [-0.1, -0.05) is 30.3 Å². The van der Waals surface area contributed by atoms with E-state index in [9.17, 15) is 14.9 Å². The largest absolute Gasteiger partial charge is 0.484 e. The Morgan fingerprint density at radius 2 is 1.83 bits per heavy atom. The molecule has 1 amide bonds. The Hall–Kier alpha value is -4.54. The Kier molecular flexibility index (Phi) is 5.16. The van der Waals surface area contributed by atoms with Crippen LogP contribution < -0.4 is 15.6 Å². The van der Waals surface area contributed by atoms with E-state index in [0.29, 0.717) is 16.8 Å². The zero-order valence-corrected chi connectivity index (χ0v) is 15.4. The van der Waals surface area contributed by atoms with Gasteiger partial charge in [-0.25, -0.2) is 15.0 Å². The maximum Gasteiger partial charge on any atom is 0.355 e. The second kappa shape index (κ2) is 8.22. The van der Waals surface area contributed by atoms with Gasteiger partial charge in [-0.3, -0.25) is 30.3 Å². The van der Waals surface area contributed by atoms with Gasteiger partial charge in [0.15, 0.2) is 6.61 Å². The van der Waals surface area contributed by atoms with Gasteiger partial charge < -0.3 is 4.74 Å². The van der Waals surface area contributed by atoms with Crippen molar-refractivity contribution < 1.29 is 14.5 Å². The number of carbonyl (C=O) groups excluding carboxylic acids is 1. The predicted octanol–water partition coefficient (Wildman–Crippen LogP) is 2.25. The SMILES string of the molecule is O=C(COc1ccccc1)NNc1ncnc(-n2cnc3ccccc32)c1[N+](=O)[O-]. The monoisotopic (exact) mass is 405 g/mol. The number of para-hydroxylation sites is 3. The van der Waals surface area contributed by atoms with Crippen LogP contribution in [0.25, 0.3) is 16.9 Å². The van der Waals surface area contributed by atoms with Crippen LogP contribution in [0.5, 0.6) is 5.75 Å². The first-order valence-corrected chi connectivity index (χ1v) is 8.78. The molecule has 2 aromatic heterocycles. The number of amides is 1. The Morgan fingerprint density at radius 3 is 2.63 bits per heavy atom. The van der Waals surface area contributed by atoms with Gasteiger partial charge in [-0.05, 0) is 24.3 Å². The molecule has 0 fully saturated rings. The van der Waals surface area contributed by atoms with Gasteiger partial charge in [0.1, 0.15) is 18.4 Å². The molecule has 0 aliphatic heterocycles. The first kappa shape index (κ1) is 18.8. The van der Waals surface area contributed by atoms with E-state index < -0.39 is 16.5 Å². The van der Waals surface area contributed by atoms with Gasteiger partial charge in [0, 0.05) is 0 Å². The summed E-state index contributed by atoms with van der Waals surface area (Å²) >= 11 is 0. The first-order valence-electron chi connectivity index (χ1n) is 8.78. The maximum atomic E-state index is 12.0. The van der Waals surface area contributed by atoms with Gasteiger partial charge in [0.2, 0.25) is 11.6 Å². The zero-order valence-electron chi connectivity index (χ0n) is 15.4.